The van der Waals surface area contributed by atoms with Crippen molar-refractivity contribution in [1.29, 1.82) is 0 Å². The minimum atomic E-state index is -0.847. The molecule has 1 fully saturated rings. The van der Waals surface area contributed by atoms with Gasteiger partial charge in [-0.1, -0.05) is 140 Å². The van der Waals surface area contributed by atoms with E-state index in [-0.39, 0.29) is 54.6 Å². The molecule has 6 rings (SSSR count). The molecule has 4 amide bonds. The first-order valence-corrected chi connectivity index (χ1v) is 27.4. The zero-order chi connectivity index (χ0) is 53.0. The van der Waals surface area contributed by atoms with Crippen LogP contribution in [0.5, 0.6) is 17.2 Å². The molecule has 0 saturated carbocycles. The van der Waals surface area contributed by atoms with Gasteiger partial charge in [0, 0.05) is 32.4 Å². The number of β-amino-alcohol motifs (C(OH)–C–C–N with tert-alkyl or cyclic N) is 1. The van der Waals surface area contributed by atoms with Gasteiger partial charge in [0.2, 0.25) is 23.6 Å². The van der Waals surface area contributed by atoms with Gasteiger partial charge in [-0.25, -0.2) is 4.98 Å². The van der Waals surface area contributed by atoms with E-state index in [0.717, 1.165) is 120 Å². The Morgan fingerprint density at radius 2 is 1.27 bits per heavy atom. The van der Waals surface area contributed by atoms with E-state index in [1.807, 2.05) is 106 Å². The smallest absolute Gasteiger partial charge is 0.246 e. The van der Waals surface area contributed by atoms with Crippen molar-refractivity contribution >= 4 is 46.1 Å². The van der Waals surface area contributed by atoms with Crippen molar-refractivity contribution in [1.82, 2.24) is 25.8 Å². The molecule has 1 aromatic heterocycles. The van der Waals surface area contributed by atoms with Crippen molar-refractivity contribution < 1.29 is 39.2 Å². The molecule has 14 heteroatoms. The number of amides is 4. The lowest BCUT2D eigenvalue weighted by Crippen LogP contribution is -2.57. The van der Waals surface area contributed by atoms with Crippen molar-refractivity contribution in [2.75, 3.05) is 19.7 Å². The Morgan fingerprint density at radius 3 is 1.81 bits per heavy atom. The molecule has 396 valence electrons. The van der Waals surface area contributed by atoms with E-state index >= 15 is 0 Å². The number of nitrogens with zero attached hydrogens (tertiary/aromatic N) is 2. The van der Waals surface area contributed by atoms with Crippen LogP contribution in [0.2, 0.25) is 0 Å². The van der Waals surface area contributed by atoms with E-state index in [4.69, 9.17) is 4.74 Å². The Morgan fingerprint density at radius 1 is 0.730 bits per heavy atom. The summed E-state index contributed by atoms with van der Waals surface area (Å²) in [6.45, 7) is 10.9. The molecule has 4 aromatic carbocycles. The summed E-state index contributed by atoms with van der Waals surface area (Å²) in [6, 6.07) is 28.5. The normalized spacial score (nSPS) is 15.3. The highest BCUT2D eigenvalue weighted by Gasteiger charge is 2.44. The number of phenolic OH excluding ortho intramolecular Hbond substituents is 2. The molecule has 0 aliphatic carbocycles. The van der Waals surface area contributed by atoms with E-state index in [0.29, 0.717) is 31.7 Å². The fraction of sp³-hybridized carbons (Fsp3) is 0.450. The monoisotopic (exact) mass is 1030 g/mol. The summed E-state index contributed by atoms with van der Waals surface area (Å²) in [6.07, 6.45) is 11.0. The number of benzene rings is 4. The summed E-state index contributed by atoms with van der Waals surface area (Å²) in [4.78, 5) is 60.0. The number of thiazole rings is 1. The topological polar surface area (TPSA) is 190 Å². The number of aromatic nitrogens is 1. The SMILES string of the molecule is CCC(=C(c1ccc(O)cc1)c1ccc(OCCNC(=O)CCCCCCCCCCCCC(=O)N[C@H](C(=O)N2C[C@H](O)C[C@H]2C(=O)NCc2ccc(-c3scnc3C)cc2)C(C)(C)C)cc1)c1ccc(O)cc1. The summed E-state index contributed by atoms with van der Waals surface area (Å²) in [7, 11) is 0. The minimum Gasteiger partial charge on any atom is -0.508 e. The van der Waals surface area contributed by atoms with Crippen LogP contribution in [-0.2, 0) is 25.7 Å². The number of rotatable bonds is 27. The van der Waals surface area contributed by atoms with Crippen LogP contribution in [0.1, 0.15) is 146 Å². The fourth-order valence-corrected chi connectivity index (χ4v) is 10.3. The lowest BCUT2D eigenvalue weighted by Gasteiger charge is -2.35. The second-order valence-electron chi connectivity index (χ2n) is 20.5. The molecule has 13 nitrogen and oxygen atoms in total. The van der Waals surface area contributed by atoms with Crippen LogP contribution in [0.15, 0.2) is 103 Å². The molecule has 3 atom stereocenters. The Bertz CT molecular complexity index is 2610. The van der Waals surface area contributed by atoms with Crippen molar-refractivity contribution in [3.05, 3.63) is 131 Å². The Kier molecular flexibility index (Phi) is 21.7. The van der Waals surface area contributed by atoms with E-state index in [1.165, 1.54) is 4.90 Å². The number of hydrogen-bond donors (Lipinski definition) is 6. The maximum absolute atomic E-state index is 14.0. The number of hydrogen-bond acceptors (Lipinski definition) is 10. The average Bonchev–Trinajstić information content (AvgIpc) is 4.01. The number of allylic oxidation sites excluding steroid dienone is 1. The first kappa shape index (κ1) is 56.8. The number of aliphatic hydroxyl groups is 1. The number of aliphatic hydroxyl groups excluding tert-OH is 1. The van der Waals surface area contributed by atoms with Crippen LogP contribution < -0.4 is 20.7 Å². The highest BCUT2D eigenvalue weighted by Crippen LogP contribution is 2.36. The highest BCUT2D eigenvalue weighted by molar-refractivity contribution is 7.13. The average molecular weight is 1030 g/mol. The number of ether oxygens (including phenoxy) is 1. The quantitative estimate of drug-likeness (QED) is 0.0220. The number of aromatic hydroxyl groups is 2. The van der Waals surface area contributed by atoms with Crippen LogP contribution in [0.4, 0.5) is 0 Å². The lowest BCUT2D eigenvalue weighted by molar-refractivity contribution is -0.144. The van der Waals surface area contributed by atoms with Crippen molar-refractivity contribution in [3.8, 4) is 27.7 Å². The van der Waals surface area contributed by atoms with Crippen molar-refractivity contribution in [3.63, 3.8) is 0 Å². The molecule has 0 spiro atoms. The van der Waals surface area contributed by atoms with Crippen molar-refractivity contribution in [2.45, 2.75) is 149 Å². The standard InChI is InChI=1S/C60H77N5O8S/c1-6-51(43-23-29-47(66)30-24-43)55(44-25-31-48(67)32-26-44)45-27-33-50(34-28-45)73-36-35-61-53(69)17-15-13-11-9-7-8-10-12-14-16-18-54(70)64-57(60(3,4)5)59(72)65-39-49(68)37-52(65)58(71)62-38-42-19-21-46(22-20-42)56-41(2)63-40-74-56/h19-34,40,49,52,57,66-68H,6-18,35-39H2,1-5H3,(H,61,69)(H,62,71)(H,64,70)/t49-,52+,57-/m1/s1. The first-order valence-electron chi connectivity index (χ1n) is 26.5. The van der Waals surface area contributed by atoms with Gasteiger partial charge in [0.15, 0.2) is 0 Å². The highest BCUT2D eigenvalue weighted by atomic mass is 32.1. The molecule has 0 radical (unpaired) electrons. The molecule has 1 saturated heterocycles. The van der Waals surface area contributed by atoms with Gasteiger partial charge in [0.25, 0.3) is 0 Å². The number of nitrogens with one attached hydrogen (secondary N) is 3. The third-order valence-corrected chi connectivity index (χ3v) is 14.6. The molecular weight excluding hydrogens is 951 g/mol. The molecule has 0 bridgehead atoms. The number of phenols is 2. The Hall–Kier alpha value is -6.51. The zero-order valence-corrected chi connectivity index (χ0v) is 44.8. The maximum Gasteiger partial charge on any atom is 0.246 e. The number of carbonyl (C=O) groups excluding carboxylic acids is 4. The van der Waals surface area contributed by atoms with Gasteiger partial charge in [-0.15, -0.1) is 11.3 Å². The van der Waals surface area contributed by atoms with Gasteiger partial charge < -0.3 is 40.9 Å². The van der Waals surface area contributed by atoms with Crippen molar-refractivity contribution in [2.24, 2.45) is 5.41 Å². The lowest BCUT2D eigenvalue weighted by atomic mass is 9.85. The molecule has 2 heterocycles. The van der Waals surface area contributed by atoms with E-state index in [2.05, 4.69) is 27.9 Å². The summed E-state index contributed by atoms with van der Waals surface area (Å²) in [5.41, 5.74) is 9.28. The summed E-state index contributed by atoms with van der Waals surface area (Å²) >= 11 is 1.58. The number of carbonyl (C=O) groups is 4. The van der Waals surface area contributed by atoms with E-state index < -0.39 is 23.6 Å². The number of unbranched alkanes of at least 4 members (excludes halogenated alkanes) is 9. The third kappa shape index (κ3) is 17.0. The molecule has 1 aliphatic heterocycles. The predicted octanol–water partition coefficient (Wildman–Crippen LogP) is 10.9. The van der Waals surface area contributed by atoms with E-state index in [9.17, 15) is 34.5 Å². The van der Waals surface area contributed by atoms with Gasteiger partial charge >= 0.3 is 0 Å². The van der Waals surface area contributed by atoms with Gasteiger partial charge in [0.1, 0.15) is 35.9 Å². The van der Waals surface area contributed by atoms with E-state index in [1.54, 1.807) is 35.6 Å². The molecule has 6 N–H and O–H groups in total. The summed E-state index contributed by atoms with van der Waals surface area (Å²) in [5, 5.41) is 39.3. The minimum absolute atomic E-state index is 0.0279. The van der Waals surface area contributed by atoms with Crippen LogP contribution in [-0.4, -0.2) is 86.7 Å². The zero-order valence-electron chi connectivity index (χ0n) is 44.0. The number of likely N-dealkylation sites (tertiary alicyclic amines) is 1. The second-order valence-corrected chi connectivity index (χ2v) is 21.4. The Labute approximate surface area is 441 Å². The first-order chi connectivity index (χ1) is 35.6. The molecule has 0 unspecified atom stereocenters. The van der Waals surface area contributed by atoms with Gasteiger partial charge in [-0.3, -0.25) is 19.2 Å². The van der Waals surface area contributed by atoms with Crippen LogP contribution in [0, 0.1) is 12.3 Å². The Balaban J connectivity index is 0.803. The van der Waals surface area contributed by atoms with Gasteiger partial charge in [-0.05, 0) is 107 Å². The predicted molar refractivity (Wildman–Crippen MR) is 294 cm³/mol. The van der Waals surface area contributed by atoms with Gasteiger partial charge in [0.05, 0.1) is 28.7 Å². The van der Waals surface area contributed by atoms with Crippen LogP contribution >= 0.6 is 11.3 Å². The molecule has 1 aliphatic rings. The van der Waals surface area contributed by atoms with Crippen LogP contribution in [0.25, 0.3) is 21.6 Å². The van der Waals surface area contributed by atoms with Crippen LogP contribution in [0.3, 0.4) is 0 Å². The molecule has 74 heavy (non-hydrogen) atoms. The van der Waals surface area contributed by atoms with Gasteiger partial charge in [-0.2, -0.15) is 0 Å². The number of aryl methyl sites for hydroxylation is 1. The summed E-state index contributed by atoms with van der Waals surface area (Å²) < 4.78 is 5.96. The fourth-order valence-electron chi connectivity index (χ4n) is 9.50. The summed E-state index contributed by atoms with van der Waals surface area (Å²) in [5.74, 6) is 0.262. The second kappa shape index (κ2) is 28.2. The maximum atomic E-state index is 14.0. The largest absolute Gasteiger partial charge is 0.508 e. The molecular formula is C60H77N5O8S. The molecule has 5 aromatic rings. The third-order valence-electron chi connectivity index (χ3n) is 13.6.